The van der Waals surface area contributed by atoms with Crippen LogP contribution in [0.2, 0.25) is 0 Å². The van der Waals surface area contributed by atoms with Crippen LogP contribution < -0.4 is 0 Å². The summed E-state index contributed by atoms with van der Waals surface area (Å²) in [6.45, 7) is 13.7. The zero-order valence-electron chi connectivity index (χ0n) is 13.9. The van der Waals surface area contributed by atoms with E-state index in [0.717, 1.165) is 17.8 Å². The molecule has 0 saturated heterocycles. The van der Waals surface area contributed by atoms with Gasteiger partial charge in [0.25, 0.3) is 0 Å². The minimum atomic E-state index is 0.425. The summed E-state index contributed by atoms with van der Waals surface area (Å²) in [5.74, 6) is 2.90. The number of hydrogen-bond donors (Lipinski definition) is 0. The van der Waals surface area contributed by atoms with Gasteiger partial charge in [0.1, 0.15) is 0 Å². The van der Waals surface area contributed by atoms with E-state index in [-0.39, 0.29) is 0 Å². The van der Waals surface area contributed by atoms with Crippen LogP contribution in [0.4, 0.5) is 0 Å². The van der Waals surface area contributed by atoms with Crippen LogP contribution in [0.15, 0.2) is 0 Å². The van der Waals surface area contributed by atoms with Crippen molar-refractivity contribution in [3.63, 3.8) is 0 Å². The Hall–Kier alpha value is -0.0400. The van der Waals surface area contributed by atoms with Gasteiger partial charge in [-0.1, -0.05) is 27.7 Å². The van der Waals surface area contributed by atoms with Gasteiger partial charge in [-0.2, -0.15) is 0 Å². The van der Waals surface area contributed by atoms with Crippen molar-refractivity contribution in [2.24, 2.45) is 28.6 Å². The van der Waals surface area contributed by atoms with E-state index in [1.807, 2.05) is 0 Å². The normalized spacial score (nSPS) is 52.4. The predicted octanol–water partition coefficient (Wildman–Crippen LogP) is 4.57. The van der Waals surface area contributed by atoms with Crippen molar-refractivity contribution >= 4 is 0 Å². The van der Waals surface area contributed by atoms with Gasteiger partial charge in [0.05, 0.1) is 0 Å². The molecule has 0 amide bonds. The molecule has 0 aliphatic heterocycles. The van der Waals surface area contributed by atoms with Gasteiger partial charge in [-0.05, 0) is 74.7 Å². The van der Waals surface area contributed by atoms with Gasteiger partial charge in [0, 0.05) is 12.1 Å². The van der Waals surface area contributed by atoms with Crippen LogP contribution in [0.25, 0.3) is 0 Å². The van der Waals surface area contributed by atoms with Crippen LogP contribution in [0.5, 0.6) is 0 Å². The maximum Gasteiger partial charge on any atom is 0.0189 e. The van der Waals surface area contributed by atoms with Crippen LogP contribution in [0, 0.1) is 28.6 Å². The lowest BCUT2D eigenvalue weighted by atomic mass is 9.52. The summed E-state index contributed by atoms with van der Waals surface area (Å²) in [6, 6.07) is 0. The van der Waals surface area contributed by atoms with E-state index in [1.54, 1.807) is 0 Å². The molecule has 3 saturated carbocycles. The lowest BCUT2D eigenvalue weighted by molar-refractivity contribution is -0.0632. The lowest BCUT2D eigenvalue weighted by Crippen LogP contribution is -2.54. The molecule has 0 N–H and O–H groups in total. The number of nitrogens with zero attached hydrogens (tertiary/aromatic N) is 1. The van der Waals surface area contributed by atoms with E-state index in [0.29, 0.717) is 16.4 Å². The molecule has 5 unspecified atom stereocenters. The van der Waals surface area contributed by atoms with Crippen LogP contribution >= 0.6 is 0 Å². The summed E-state index contributed by atoms with van der Waals surface area (Å²) in [5.41, 5.74) is 1.70. The van der Waals surface area contributed by atoms with Crippen molar-refractivity contribution in [2.45, 2.75) is 72.3 Å². The van der Waals surface area contributed by atoms with Gasteiger partial charge in [0.15, 0.2) is 0 Å². The maximum absolute atomic E-state index is 2.70. The molecule has 110 valence electrons. The van der Waals surface area contributed by atoms with Gasteiger partial charge in [-0.25, -0.2) is 0 Å². The van der Waals surface area contributed by atoms with E-state index in [2.05, 4.69) is 46.6 Å². The summed E-state index contributed by atoms with van der Waals surface area (Å²) in [6.07, 6.45) is 7.39. The van der Waals surface area contributed by atoms with E-state index in [9.17, 15) is 0 Å². The van der Waals surface area contributed by atoms with Crippen molar-refractivity contribution in [3.8, 4) is 0 Å². The second kappa shape index (κ2) is 4.00. The molecule has 3 rings (SSSR count). The fraction of sp³-hybridized carbons (Fsp3) is 1.00. The van der Waals surface area contributed by atoms with Crippen LogP contribution in [-0.2, 0) is 0 Å². The molecular formula is C18H33N. The molecule has 1 nitrogen and oxygen atoms in total. The number of rotatable bonds is 3. The molecular weight excluding hydrogens is 230 g/mol. The van der Waals surface area contributed by atoms with Crippen molar-refractivity contribution in [2.75, 3.05) is 13.6 Å². The minimum Gasteiger partial charge on any atom is -0.301 e. The second-order valence-corrected chi connectivity index (χ2v) is 9.57. The Morgan fingerprint density at radius 2 is 1.74 bits per heavy atom. The average Bonchev–Trinajstić information content (AvgIpc) is 2.46. The fourth-order valence-corrected chi connectivity index (χ4v) is 6.41. The minimum absolute atomic E-state index is 0.425. The third-order valence-electron chi connectivity index (χ3n) is 6.81. The standard InChI is InChI=1S/C18H33N/c1-13(2)10-19(6)18(5)11-16(3)7-14-8-17(4,12-18)15(14)9-16/h13-15H,7-12H2,1-6H3. The van der Waals surface area contributed by atoms with E-state index < -0.39 is 0 Å². The predicted molar refractivity (Wildman–Crippen MR) is 82.2 cm³/mol. The summed E-state index contributed by atoms with van der Waals surface area (Å²) < 4.78 is 0. The Balaban J connectivity index is 1.86. The summed E-state index contributed by atoms with van der Waals surface area (Å²) in [7, 11) is 2.38. The smallest absolute Gasteiger partial charge is 0.0189 e. The van der Waals surface area contributed by atoms with Gasteiger partial charge >= 0.3 is 0 Å². The summed E-state index contributed by atoms with van der Waals surface area (Å²) >= 11 is 0. The maximum atomic E-state index is 2.70. The fourth-order valence-electron chi connectivity index (χ4n) is 6.41. The van der Waals surface area contributed by atoms with E-state index >= 15 is 0 Å². The third kappa shape index (κ3) is 2.07. The average molecular weight is 263 g/mol. The third-order valence-corrected chi connectivity index (χ3v) is 6.81. The Kier molecular flexibility index (Phi) is 2.93. The Bertz CT molecular complexity index is 368. The molecule has 1 heteroatoms. The van der Waals surface area contributed by atoms with Crippen molar-refractivity contribution < 1.29 is 0 Å². The second-order valence-electron chi connectivity index (χ2n) is 9.57. The Morgan fingerprint density at radius 1 is 1.05 bits per heavy atom. The summed E-state index contributed by atoms with van der Waals surface area (Å²) in [4.78, 5) is 2.70. The molecule has 3 aliphatic rings. The molecule has 0 heterocycles. The monoisotopic (exact) mass is 263 g/mol. The highest BCUT2D eigenvalue weighted by atomic mass is 15.2. The SMILES string of the molecule is CC(C)CN(C)C1(C)CC2(C)CC3CC(C)(C1)C3C2. The summed E-state index contributed by atoms with van der Waals surface area (Å²) in [5, 5.41) is 0. The molecule has 0 radical (unpaired) electrons. The first kappa shape index (κ1) is 13.9. The van der Waals surface area contributed by atoms with Crippen molar-refractivity contribution in [3.05, 3.63) is 0 Å². The first-order valence-corrected chi connectivity index (χ1v) is 8.37. The first-order valence-electron chi connectivity index (χ1n) is 8.37. The van der Waals surface area contributed by atoms with Crippen LogP contribution in [0.1, 0.15) is 66.7 Å². The molecule has 0 aromatic heterocycles. The van der Waals surface area contributed by atoms with Crippen LogP contribution in [0.3, 0.4) is 0 Å². The molecule has 0 spiro atoms. The molecule has 0 aromatic rings. The molecule has 3 aliphatic carbocycles. The van der Waals surface area contributed by atoms with Crippen molar-refractivity contribution in [1.29, 1.82) is 0 Å². The largest absolute Gasteiger partial charge is 0.301 e. The molecule has 19 heavy (non-hydrogen) atoms. The quantitative estimate of drug-likeness (QED) is 0.721. The Labute approximate surface area is 120 Å². The first-order chi connectivity index (χ1) is 8.66. The van der Waals surface area contributed by atoms with E-state index in [4.69, 9.17) is 0 Å². The van der Waals surface area contributed by atoms with Gasteiger partial charge in [-0.3, -0.25) is 0 Å². The molecule has 0 aromatic carbocycles. The van der Waals surface area contributed by atoms with Gasteiger partial charge in [-0.15, -0.1) is 0 Å². The zero-order chi connectivity index (χ0) is 14.1. The highest BCUT2D eigenvalue weighted by molar-refractivity contribution is 5.15. The molecule has 5 atom stereocenters. The molecule has 2 bridgehead atoms. The Morgan fingerprint density at radius 3 is 2.37 bits per heavy atom. The number of fused-ring (bicyclic) bond motifs is 1. The van der Waals surface area contributed by atoms with Crippen LogP contribution in [-0.4, -0.2) is 24.0 Å². The van der Waals surface area contributed by atoms with Crippen molar-refractivity contribution in [1.82, 2.24) is 4.90 Å². The topological polar surface area (TPSA) is 3.24 Å². The van der Waals surface area contributed by atoms with Gasteiger partial charge < -0.3 is 4.90 Å². The van der Waals surface area contributed by atoms with Gasteiger partial charge in [0.2, 0.25) is 0 Å². The highest BCUT2D eigenvalue weighted by Gasteiger charge is 2.63. The highest BCUT2D eigenvalue weighted by Crippen LogP contribution is 2.70. The lowest BCUT2D eigenvalue weighted by Gasteiger charge is -2.56. The van der Waals surface area contributed by atoms with E-state index in [1.165, 1.54) is 38.6 Å². The molecule has 3 fully saturated rings. The zero-order valence-corrected chi connectivity index (χ0v) is 13.9. The number of hydrogen-bond acceptors (Lipinski definition) is 1.